The van der Waals surface area contributed by atoms with Gasteiger partial charge in [0, 0.05) is 10.9 Å². The Morgan fingerprint density at radius 2 is 2.00 bits per heavy atom. The van der Waals surface area contributed by atoms with Crippen LogP contribution in [0.2, 0.25) is 0 Å². The SMILES string of the molecule is Cc1cccc(N(Cc2cccs2)C(C)C)c1N. The van der Waals surface area contributed by atoms with Gasteiger partial charge in [-0.05, 0) is 43.8 Å². The summed E-state index contributed by atoms with van der Waals surface area (Å²) in [5, 5.41) is 2.12. The van der Waals surface area contributed by atoms with E-state index in [1.165, 1.54) is 4.88 Å². The Kier molecular flexibility index (Phi) is 3.92. The summed E-state index contributed by atoms with van der Waals surface area (Å²) in [4.78, 5) is 3.72. The first kappa shape index (κ1) is 13.0. The van der Waals surface area contributed by atoms with Crippen molar-refractivity contribution in [1.29, 1.82) is 0 Å². The largest absolute Gasteiger partial charge is 0.397 e. The molecule has 0 bridgehead atoms. The lowest BCUT2D eigenvalue weighted by atomic mass is 10.1. The third kappa shape index (κ3) is 2.67. The van der Waals surface area contributed by atoms with E-state index in [-0.39, 0.29) is 0 Å². The summed E-state index contributed by atoms with van der Waals surface area (Å²) in [6, 6.07) is 10.9. The second-order valence-corrected chi connectivity index (χ2v) is 5.84. The van der Waals surface area contributed by atoms with Gasteiger partial charge < -0.3 is 10.6 Å². The molecule has 0 aliphatic rings. The van der Waals surface area contributed by atoms with Crippen LogP contribution < -0.4 is 10.6 Å². The standard InChI is InChI=1S/C15H20N2S/c1-11(2)17(10-13-7-5-9-18-13)14-8-4-6-12(3)15(14)16/h4-9,11H,10,16H2,1-3H3. The fraction of sp³-hybridized carbons (Fsp3) is 0.333. The molecular weight excluding hydrogens is 240 g/mol. The number of hydrogen-bond donors (Lipinski definition) is 1. The Balaban J connectivity index is 2.33. The Bertz CT molecular complexity index is 503. The van der Waals surface area contributed by atoms with Crippen LogP contribution in [0.1, 0.15) is 24.3 Å². The lowest BCUT2D eigenvalue weighted by Crippen LogP contribution is -2.30. The smallest absolute Gasteiger partial charge is 0.0608 e. The highest BCUT2D eigenvalue weighted by molar-refractivity contribution is 7.09. The summed E-state index contributed by atoms with van der Waals surface area (Å²) < 4.78 is 0. The molecule has 2 N–H and O–H groups in total. The van der Waals surface area contributed by atoms with Gasteiger partial charge in [0.15, 0.2) is 0 Å². The van der Waals surface area contributed by atoms with Crippen LogP contribution in [0.25, 0.3) is 0 Å². The van der Waals surface area contributed by atoms with Crippen LogP contribution in [0.4, 0.5) is 11.4 Å². The van der Waals surface area contributed by atoms with Crippen molar-refractivity contribution in [3.8, 4) is 0 Å². The molecule has 3 heteroatoms. The van der Waals surface area contributed by atoms with E-state index in [9.17, 15) is 0 Å². The topological polar surface area (TPSA) is 29.3 Å². The number of thiophene rings is 1. The average molecular weight is 260 g/mol. The third-order valence-electron chi connectivity index (χ3n) is 3.14. The summed E-state index contributed by atoms with van der Waals surface area (Å²) in [5.41, 5.74) is 9.38. The first-order chi connectivity index (χ1) is 8.59. The molecule has 0 saturated heterocycles. The molecule has 1 aromatic heterocycles. The van der Waals surface area contributed by atoms with Gasteiger partial charge in [0.25, 0.3) is 0 Å². The molecule has 0 amide bonds. The van der Waals surface area contributed by atoms with Gasteiger partial charge in [-0.25, -0.2) is 0 Å². The van der Waals surface area contributed by atoms with Crippen LogP contribution in [0.15, 0.2) is 35.7 Å². The second kappa shape index (κ2) is 5.44. The van der Waals surface area contributed by atoms with E-state index in [4.69, 9.17) is 5.73 Å². The van der Waals surface area contributed by atoms with Crippen LogP contribution in [0.3, 0.4) is 0 Å². The molecule has 1 aromatic carbocycles. The third-order valence-corrected chi connectivity index (χ3v) is 4.00. The molecule has 0 saturated carbocycles. The molecule has 1 heterocycles. The Morgan fingerprint density at radius 1 is 1.22 bits per heavy atom. The number of nitrogen functional groups attached to an aromatic ring is 1. The van der Waals surface area contributed by atoms with Gasteiger partial charge in [-0.1, -0.05) is 18.2 Å². The Morgan fingerprint density at radius 3 is 2.61 bits per heavy atom. The van der Waals surface area contributed by atoms with E-state index in [2.05, 4.69) is 61.4 Å². The number of rotatable bonds is 4. The van der Waals surface area contributed by atoms with E-state index in [0.717, 1.165) is 23.5 Å². The number of aryl methyl sites for hydroxylation is 1. The highest BCUT2D eigenvalue weighted by Crippen LogP contribution is 2.29. The monoisotopic (exact) mass is 260 g/mol. The van der Waals surface area contributed by atoms with E-state index < -0.39 is 0 Å². The van der Waals surface area contributed by atoms with Gasteiger partial charge in [-0.3, -0.25) is 0 Å². The van der Waals surface area contributed by atoms with Crippen molar-refractivity contribution >= 4 is 22.7 Å². The van der Waals surface area contributed by atoms with Gasteiger partial charge in [0.2, 0.25) is 0 Å². The van der Waals surface area contributed by atoms with Crippen molar-refractivity contribution in [2.24, 2.45) is 0 Å². The average Bonchev–Trinajstić information content (AvgIpc) is 2.83. The normalized spacial score (nSPS) is 10.9. The second-order valence-electron chi connectivity index (χ2n) is 4.81. The van der Waals surface area contributed by atoms with Crippen LogP contribution in [-0.2, 0) is 6.54 Å². The van der Waals surface area contributed by atoms with Crippen molar-refractivity contribution in [2.45, 2.75) is 33.4 Å². The number of nitrogens with two attached hydrogens (primary N) is 1. The minimum absolute atomic E-state index is 0.427. The molecule has 96 valence electrons. The van der Waals surface area contributed by atoms with Crippen LogP contribution in [0, 0.1) is 6.92 Å². The molecule has 2 aromatic rings. The number of benzene rings is 1. The summed E-state index contributed by atoms with van der Waals surface area (Å²) in [6.07, 6.45) is 0. The lowest BCUT2D eigenvalue weighted by Gasteiger charge is -2.30. The molecule has 0 radical (unpaired) electrons. The zero-order chi connectivity index (χ0) is 13.1. The zero-order valence-electron chi connectivity index (χ0n) is 11.2. The van der Waals surface area contributed by atoms with E-state index in [0.29, 0.717) is 6.04 Å². The molecule has 18 heavy (non-hydrogen) atoms. The molecule has 0 atom stereocenters. The molecule has 0 aliphatic carbocycles. The minimum atomic E-state index is 0.427. The lowest BCUT2D eigenvalue weighted by molar-refractivity contribution is 0.688. The predicted molar refractivity (Wildman–Crippen MR) is 81.2 cm³/mol. The van der Waals surface area contributed by atoms with Crippen molar-refractivity contribution in [1.82, 2.24) is 0 Å². The fourth-order valence-electron chi connectivity index (χ4n) is 2.03. The maximum Gasteiger partial charge on any atom is 0.0608 e. The van der Waals surface area contributed by atoms with Crippen molar-refractivity contribution in [3.05, 3.63) is 46.2 Å². The van der Waals surface area contributed by atoms with Gasteiger partial charge in [-0.15, -0.1) is 11.3 Å². The van der Waals surface area contributed by atoms with Crippen LogP contribution >= 0.6 is 11.3 Å². The number of hydrogen-bond acceptors (Lipinski definition) is 3. The number of nitrogens with zero attached hydrogens (tertiary/aromatic N) is 1. The molecule has 0 fully saturated rings. The van der Waals surface area contributed by atoms with Gasteiger partial charge in [0.05, 0.1) is 17.9 Å². The van der Waals surface area contributed by atoms with Crippen molar-refractivity contribution in [3.63, 3.8) is 0 Å². The summed E-state index contributed by atoms with van der Waals surface area (Å²) >= 11 is 1.79. The summed E-state index contributed by atoms with van der Waals surface area (Å²) in [7, 11) is 0. The van der Waals surface area contributed by atoms with Gasteiger partial charge in [-0.2, -0.15) is 0 Å². The van der Waals surface area contributed by atoms with Gasteiger partial charge >= 0.3 is 0 Å². The maximum atomic E-state index is 6.21. The fourth-order valence-corrected chi connectivity index (χ4v) is 2.73. The van der Waals surface area contributed by atoms with E-state index in [1.54, 1.807) is 11.3 Å². The first-order valence-corrected chi connectivity index (χ1v) is 7.11. The highest BCUT2D eigenvalue weighted by Gasteiger charge is 2.15. The van der Waals surface area contributed by atoms with Crippen LogP contribution in [0.5, 0.6) is 0 Å². The zero-order valence-corrected chi connectivity index (χ0v) is 12.0. The quantitative estimate of drug-likeness (QED) is 0.840. The minimum Gasteiger partial charge on any atom is -0.397 e. The molecule has 0 unspecified atom stereocenters. The van der Waals surface area contributed by atoms with Crippen molar-refractivity contribution < 1.29 is 0 Å². The molecule has 2 rings (SSSR count). The number of anilines is 2. The molecule has 2 nitrogen and oxygen atoms in total. The van der Waals surface area contributed by atoms with E-state index >= 15 is 0 Å². The van der Waals surface area contributed by atoms with Crippen molar-refractivity contribution in [2.75, 3.05) is 10.6 Å². The molecular formula is C15H20N2S. The highest BCUT2D eigenvalue weighted by atomic mass is 32.1. The summed E-state index contributed by atoms with van der Waals surface area (Å²) in [6.45, 7) is 7.39. The van der Waals surface area contributed by atoms with Gasteiger partial charge in [0.1, 0.15) is 0 Å². The summed E-state index contributed by atoms with van der Waals surface area (Å²) in [5.74, 6) is 0. The predicted octanol–water partition coefficient (Wildman–Crippen LogP) is 4.05. The number of para-hydroxylation sites is 1. The maximum absolute atomic E-state index is 6.21. The molecule has 0 aliphatic heterocycles. The first-order valence-electron chi connectivity index (χ1n) is 6.23. The molecule has 0 spiro atoms. The Labute approximate surface area is 113 Å². The van der Waals surface area contributed by atoms with Crippen LogP contribution in [-0.4, -0.2) is 6.04 Å². The Hall–Kier alpha value is -1.48. The van der Waals surface area contributed by atoms with E-state index in [1.807, 2.05) is 0 Å².